The van der Waals surface area contributed by atoms with Gasteiger partial charge in [-0.3, -0.25) is 4.79 Å². The van der Waals surface area contributed by atoms with Gasteiger partial charge in [-0.15, -0.1) is 0 Å². The number of para-hydroxylation sites is 1. The molecule has 0 aliphatic heterocycles. The van der Waals surface area contributed by atoms with Crippen molar-refractivity contribution in [1.82, 2.24) is 4.98 Å². The number of carboxylic acids is 1. The fraction of sp³-hybridized carbons (Fsp3) is 0.125. The Hall–Kier alpha value is -2.82. The van der Waals surface area contributed by atoms with Crippen molar-refractivity contribution in [2.45, 2.75) is 13.3 Å². The van der Waals surface area contributed by atoms with Gasteiger partial charge in [0.05, 0.1) is 6.42 Å². The van der Waals surface area contributed by atoms with Crippen LogP contribution in [0.4, 0.5) is 11.7 Å². The summed E-state index contributed by atoms with van der Waals surface area (Å²) in [7, 11) is 0. The number of nitrogens with one attached hydrogen (secondary N) is 1. The average molecular weight is 282 g/mol. The number of aryl methyl sites for hydroxylation is 1. The van der Waals surface area contributed by atoms with Crippen LogP contribution in [0.25, 0.3) is 11.1 Å². The van der Waals surface area contributed by atoms with Gasteiger partial charge in [0.25, 0.3) is 6.01 Å². The highest BCUT2D eigenvalue weighted by Crippen LogP contribution is 2.24. The molecule has 0 bridgehead atoms. The van der Waals surface area contributed by atoms with E-state index < -0.39 is 5.97 Å². The first-order valence-corrected chi connectivity index (χ1v) is 6.56. The lowest BCUT2D eigenvalue weighted by molar-refractivity contribution is -0.136. The number of rotatable bonds is 4. The lowest BCUT2D eigenvalue weighted by Gasteiger charge is -2.04. The molecule has 0 fully saturated rings. The minimum atomic E-state index is -0.865. The van der Waals surface area contributed by atoms with Crippen LogP contribution in [0, 0.1) is 6.92 Å². The summed E-state index contributed by atoms with van der Waals surface area (Å²) in [5.41, 5.74) is 3.98. The van der Waals surface area contributed by atoms with E-state index >= 15 is 0 Å². The Morgan fingerprint density at radius 3 is 2.86 bits per heavy atom. The van der Waals surface area contributed by atoms with E-state index in [2.05, 4.69) is 10.3 Å². The highest BCUT2D eigenvalue weighted by Gasteiger charge is 2.09. The minimum Gasteiger partial charge on any atom is -0.481 e. The first kappa shape index (κ1) is 13.2. The van der Waals surface area contributed by atoms with Gasteiger partial charge in [-0.2, -0.15) is 4.98 Å². The molecule has 5 nitrogen and oxygen atoms in total. The van der Waals surface area contributed by atoms with Crippen molar-refractivity contribution in [1.29, 1.82) is 0 Å². The summed E-state index contributed by atoms with van der Waals surface area (Å²) in [4.78, 5) is 15.1. The number of anilines is 2. The Morgan fingerprint density at radius 1 is 1.29 bits per heavy atom. The highest BCUT2D eigenvalue weighted by atomic mass is 16.4. The SMILES string of the molecule is Cc1ccccc1Nc1nc2cc(CC(=O)O)ccc2o1. The number of aromatic nitrogens is 1. The molecule has 0 atom stereocenters. The van der Waals surface area contributed by atoms with Crippen LogP contribution >= 0.6 is 0 Å². The number of aliphatic carboxylic acids is 1. The first-order valence-electron chi connectivity index (χ1n) is 6.56. The van der Waals surface area contributed by atoms with Gasteiger partial charge >= 0.3 is 5.97 Å². The van der Waals surface area contributed by atoms with Gasteiger partial charge in [-0.25, -0.2) is 0 Å². The van der Waals surface area contributed by atoms with E-state index in [1.165, 1.54) is 0 Å². The van der Waals surface area contributed by atoms with Crippen LogP contribution < -0.4 is 5.32 Å². The zero-order chi connectivity index (χ0) is 14.8. The molecule has 0 spiro atoms. The molecule has 0 aliphatic rings. The topological polar surface area (TPSA) is 75.4 Å². The highest BCUT2D eigenvalue weighted by molar-refractivity contribution is 5.78. The van der Waals surface area contributed by atoms with E-state index in [0.717, 1.165) is 11.3 Å². The zero-order valence-corrected chi connectivity index (χ0v) is 11.5. The molecule has 3 rings (SSSR count). The molecule has 106 valence electrons. The molecule has 2 aromatic carbocycles. The zero-order valence-electron chi connectivity index (χ0n) is 11.5. The predicted octanol–water partition coefficient (Wildman–Crippen LogP) is 3.51. The number of carbonyl (C=O) groups is 1. The molecule has 0 amide bonds. The van der Waals surface area contributed by atoms with Crippen molar-refractivity contribution >= 4 is 28.8 Å². The molecule has 0 aliphatic carbocycles. The van der Waals surface area contributed by atoms with Crippen LogP contribution in [0.3, 0.4) is 0 Å². The molecule has 5 heteroatoms. The van der Waals surface area contributed by atoms with Crippen LogP contribution in [0.5, 0.6) is 0 Å². The smallest absolute Gasteiger partial charge is 0.307 e. The molecule has 3 aromatic rings. The summed E-state index contributed by atoms with van der Waals surface area (Å²) in [5, 5.41) is 11.9. The predicted molar refractivity (Wildman–Crippen MR) is 79.8 cm³/mol. The molecule has 2 N–H and O–H groups in total. The van der Waals surface area contributed by atoms with Crippen LogP contribution in [-0.2, 0) is 11.2 Å². The second-order valence-electron chi connectivity index (χ2n) is 4.83. The molecular weight excluding hydrogens is 268 g/mol. The Labute approximate surface area is 121 Å². The summed E-state index contributed by atoms with van der Waals surface area (Å²) in [6, 6.07) is 13.4. The molecule has 21 heavy (non-hydrogen) atoms. The first-order chi connectivity index (χ1) is 10.1. The van der Waals surface area contributed by atoms with Gasteiger partial charge < -0.3 is 14.8 Å². The second-order valence-corrected chi connectivity index (χ2v) is 4.83. The van der Waals surface area contributed by atoms with E-state index in [4.69, 9.17) is 9.52 Å². The van der Waals surface area contributed by atoms with E-state index in [1.54, 1.807) is 18.2 Å². The third-order valence-electron chi connectivity index (χ3n) is 3.19. The summed E-state index contributed by atoms with van der Waals surface area (Å²) < 4.78 is 5.62. The van der Waals surface area contributed by atoms with Crippen molar-refractivity contribution in [2.24, 2.45) is 0 Å². The van der Waals surface area contributed by atoms with Crippen LogP contribution in [0.2, 0.25) is 0 Å². The maximum absolute atomic E-state index is 10.7. The van der Waals surface area contributed by atoms with E-state index in [0.29, 0.717) is 22.7 Å². The third-order valence-corrected chi connectivity index (χ3v) is 3.19. The van der Waals surface area contributed by atoms with Crippen molar-refractivity contribution in [2.75, 3.05) is 5.32 Å². The normalized spacial score (nSPS) is 10.7. The maximum atomic E-state index is 10.7. The standard InChI is InChI=1S/C16H14N2O3/c1-10-4-2-3-5-12(10)17-16-18-13-8-11(9-15(19)20)6-7-14(13)21-16/h2-8H,9H2,1H3,(H,17,18)(H,19,20). The van der Waals surface area contributed by atoms with Crippen LogP contribution in [0.1, 0.15) is 11.1 Å². The summed E-state index contributed by atoms with van der Waals surface area (Å²) in [6.45, 7) is 2.00. The maximum Gasteiger partial charge on any atom is 0.307 e. The van der Waals surface area contributed by atoms with Crippen LogP contribution in [-0.4, -0.2) is 16.1 Å². The molecule has 1 aromatic heterocycles. The Kier molecular flexibility index (Phi) is 3.31. The number of hydrogen-bond donors (Lipinski definition) is 2. The number of oxazole rings is 1. The van der Waals surface area contributed by atoms with Crippen molar-refractivity contribution < 1.29 is 14.3 Å². The molecular formula is C16H14N2O3. The van der Waals surface area contributed by atoms with Crippen molar-refractivity contribution in [3.63, 3.8) is 0 Å². The lowest BCUT2D eigenvalue weighted by Crippen LogP contribution is -1.99. The minimum absolute atomic E-state index is 0.0244. The lowest BCUT2D eigenvalue weighted by atomic mass is 10.1. The van der Waals surface area contributed by atoms with Gasteiger partial charge in [0.1, 0.15) is 5.52 Å². The van der Waals surface area contributed by atoms with E-state index in [-0.39, 0.29) is 6.42 Å². The fourth-order valence-corrected chi connectivity index (χ4v) is 2.14. The molecule has 0 saturated carbocycles. The Balaban J connectivity index is 1.90. The van der Waals surface area contributed by atoms with E-state index in [1.807, 2.05) is 31.2 Å². The van der Waals surface area contributed by atoms with Crippen molar-refractivity contribution in [3.05, 3.63) is 53.6 Å². The molecule has 1 heterocycles. The Bertz CT molecular complexity index is 808. The summed E-state index contributed by atoms with van der Waals surface area (Å²) in [5.74, 6) is -0.865. The number of hydrogen-bond acceptors (Lipinski definition) is 4. The number of nitrogens with zero attached hydrogens (tertiary/aromatic N) is 1. The quantitative estimate of drug-likeness (QED) is 0.766. The second kappa shape index (κ2) is 5.28. The number of carboxylic acid groups (broad SMARTS) is 1. The van der Waals surface area contributed by atoms with Gasteiger partial charge in [-0.05, 0) is 36.2 Å². The largest absolute Gasteiger partial charge is 0.481 e. The summed E-state index contributed by atoms with van der Waals surface area (Å²) >= 11 is 0. The van der Waals surface area contributed by atoms with E-state index in [9.17, 15) is 4.79 Å². The van der Waals surface area contributed by atoms with Gasteiger partial charge in [0.2, 0.25) is 0 Å². The molecule has 0 saturated heterocycles. The van der Waals surface area contributed by atoms with Gasteiger partial charge in [0, 0.05) is 5.69 Å². The number of fused-ring (bicyclic) bond motifs is 1. The van der Waals surface area contributed by atoms with Crippen molar-refractivity contribution in [3.8, 4) is 0 Å². The summed E-state index contributed by atoms with van der Waals surface area (Å²) in [6.07, 6.45) is -0.0244. The van der Waals surface area contributed by atoms with Gasteiger partial charge in [-0.1, -0.05) is 24.3 Å². The molecule has 0 unspecified atom stereocenters. The van der Waals surface area contributed by atoms with Gasteiger partial charge in [0.15, 0.2) is 5.58 Å². The average Bonchev–Trinajstić information content (AvgIpc) is 2.82. The molecule has 0 radical (unpaired) electrons. The third kappa shape index (κ3) is 2.86. The fourth-order valence-electron chi connectivity index (χ4n) is 2.14. The van der Waals surface area contributed by atoms with Crippen LogP contribution in [0.15, 0.2) is 46.9 Å². The Morgan fingerprint density at radius 2 is 2.10 bits per heavy atom. The number of benzene rings is 2. The monoisotopic (exact) mass is 282 g/mol.